The van der Waals surface area contributed by atoms with E-state index in [1.807, 2.05) is 30.3 Å². The number of nitrogens with one attached hydrogen (secondary N) is 1. The van der Waals surface area contributed by atoms with E-state index in [9.17, 15) is 4.79 Å². The molecule has 126 valence electrons. The maximum atomic E-state index is 13.1. The second kappa shape index (κ2) is 8.04. The monoisotopic (exact) mass is 361 g/mol. The Labute approximate surface area is 153 Å². The van der Waals surface area contributed by atoms with Gasteiger partial charge in [-0.05, 0) is 49.1 Å². The van der Waals surface area contributed by atoms with E-state index < -0.39 is 0 Å². The highest BCUT2D eigenvalue weighted by Gasteiger charge is 2.30. The van der Waals surface area contributed by atoms with Gasteiger partial charge in [0.05, 0.1) is 16.1 Å². The van der Waals surface area contributed by atoms with Crippen molar-refractivity contribution in [1.29, 1.82) is 0 Å². The van der Waals surface area contributed by atoms with E-state index >= 15 is 0 Å². The lowest BCUT2D eigenvalue weighted by atomic mass is 9.81. The molecule has 1 aliphatic rings. The van der Waals surface area contributed by atoms with Crippen LogP contribution < -0.4 is 5.32 Å². The average Bonchev–Trinajstić information content (AvgIpc) is 2.63. The largest absolute Gasteiger partial charge is 0.375 e. The second-order valence-electron chi connectivity index (χ2n) is 6.38. The number of carbonyl (C=O) groups excluding carboxylic acids is 1. The van der Waals surface area contributed by atoms with Gasteiger partial charge in [0, 0.05) is 11.3 Å². The van der Waals surface area contributed by atoms with E-state index in [4.69, 9.17) is 23.2 Å². The van der Waals surface area contributed by atoms with Gasteiger partial charge in [-0.15, -0.1) is 0 Å². The molecule has 1 atom stereocenters. The number of benzene rings is 2. The van der Waals surface area contributed by atoms with Crippen molar-refractivity contribution in [2.75, 3.05) is 5.32 Å². The first-order valence-corrected chi connectivity index (χ1v) is 9.21. The van der Waals surface area contributed by atoms with Crippen LogP contribution in [0.1, 0.15) is 42.5 Å². The van der Waals surface area contributed by atoms with Crippen LogP contribution in [0.2, 0.25) is 10.0 Å². The number of rotatable bonds is 5. The lowest BCUT2D eigenvalue weighted by molar-refractivity contribution is 0.0929. The first-order valence-electron chi connectivity index (χ1n) is 8.46. The molecule has 0 radical (unpaired) electrons. The summed E-state index contributed by atoms with van der Waals surface area (Å²) in [6, 6.07) is 14.8. The number of hydrogen-bond donors (Lipinski definition) is 1. The van der Waals surface area contributed by atoms with Gasteiger partial charge in [-0.3, -0.25) is 4.79 Å². The van der Waals surface area contributed by atoms with E-state index in [-0.39, 0.29) is 11.8 Å². The minimum atomic E-state index is -0.232. The molecule has 3 rings (SSSR count). The fraction of sp³-hybridized carbons (Fsp3) is 0.350. The maximum absolute atomic E-state index is 13.1. The molecule has 1 fully saturated rings. The summed E-state index contributed by atoms with van der Waals surface area (Å²) in [5.41, 5.74) is 1.59. The van der Waals surface area contributed by atoms with Crippen molar-refractivity contribution in [3.63, 3.8) is 0 Å². The third-order valence-corrected chi connectivity index (χ3v) is 5.44. The molecule has 24 heavy (non-hydrogen) atoms. The van der Waals surface area contributed by atoms with Crippen LogP contribution in [-0.2, 0) is 0 Å². The van der Waals surface area contributed by atoms with Gasteiger partial charge in [0.1, 0.15) is 0 Å². The van der Waals surface area contributed by atoms with Gasteiger partial charge >= 0.3 is 0 Å². The van der Waals surface area contributed by atoms with Crippen LogP contribution in [0.4, 0.5) is 5.69 Å². The Morgan fingerprint density at radius 2 is 1.67 bits per heavy atom. The molecule has 0 amide bonds. The Hall–Kier alpha value is -1.51. The first kappa shape index (κ1) is 17.3. The molecule has 0 aromatic heterocycles. The summed E-state index contributed by atoms with van der Waals surface area (Å²) in [7, 11) is 0. The van der Waals surface area contributed by atoms with Gasteiger partial charge in [0.15, 0.2) is 5.78 Å². The molecule has 0 saturated heterocycles. The molecule has 0 spiro atoms. The predicted molar refractivity (Wildman–Crippen MR) is 101 cm³/mol. The zero-order valence-corrected chi connectivity index (χ0v) is 15.0. The van der Waals surface area contributed by atoms with Crippen molar-refractivity contribution in [3.8, 4) is 0 Å². The van der Waals surface area contributed by atoms with Crippen LogP contribution in [0.25, 0.3) is 0 Å². The smallest absolute Gasteiger partial charge is 0.185 e. The highest BCUT2D eigenvalue weighted by molar-refractivity contribution is 6.42. The third-order valence-electron chi connectivity index (χ3n) is 4.70. The summed E-state index contributed by atoms with van der Waals surface area (Å²) in [5, 5.41) is 4.35. The Kier molecular flexibility index (Phi) is 5.80. The number of anilines is 1. The van der Waals surface area contributed by atoms with E-state index in [2.05, 4.69) is 5.32 Å². The Bertz CT molecular complexity index is 696. The molecule has 1 aliphatic carbocycles. The summed E-state index contributed by atoms with van der Waals surface area (Å²) in [4.78, 5) is 13.1. The summed E-state index contributed by atoms with van der Waals surface area (Å²) in [6.07, 6.45) is 5.79. The molecule has 0 aliphatic heterocycles. The molecule has 4 heteroatoms. The van der Waals surface area contributed by atoms with Gasteiger partial charge in [0.2, 0.25) is 0 Å². The van der Waals surface area contributed by atoms with Gasteiger partial charge in [-0.2, -0.15) is 0 Å². The average molecular weight is 362 g/mol. The Morgan fingerprint density at radius 1 is 0.958 bits per heavy atom. The highest BCUT2D eigenvalue weighted by Crippen LogP contribution is 2.31. The van der Waals surface area contributed by atoms with Gasteiger partial charge in [0.25, 0.3) is 0 Å². The number of para-hydroxylation sites is 1. The van der Waals surface area contributed by atoms with Crippen LogP contribution in [-0.4, -0.2) is 11.8 Å². The van der Waals surface area contributed by atoms with Crippen molar-refractivity contribution < 1.29 is 4.79 Å². The molecular formula is C20H21Cl2NO. The number of Topliss-reactive ketones (excluding diaryl/α,β-unsaturated/α-hetero) is 1. The number of hydrogen-bond acceptors (Lipinski definition) is 2. The summed E-state index contributed by atoms with van der Waals surface area (Å²) >= 11 is 12.1. The fourth-order valence-electron chi connectivity index (χ4n) is 3.41. The van der Waals surface area contributed by atoms with Gasteiger partial charge < -0.3 is 5.32 Å². The predicted octanol–water partition coefficient (Wildman–Crippen LogP) is 6.24. The van der Waals surface area contributed by atoms with E-state index in [0.717, 1.165) is 18.5 Å². The SMILES string of the molecule is O=C(c1ccc(Cl)c(Cl)c1)C(Nc1ccccc1)C1CCCCC1. The third kappa shape index (κ3) is 4.12. The van der Waals surface area contributed by atoms with Crippen molar-refractivity contribution >= 4 is 34.7 Å². The lowest BCUT2D eigenvalue weighted by Gasteiger charge is -2.31. The van der Waals surface area contributed by atoms with Crippen molar-refractivity contribution in [2.24, 2.45) is 5.92 Å². The zero-order valence-electron chi connectivity index (χ0n) is 13.5. The molecule has 1 saturated carbocycles. The van der Waals surface area contributed by atoms with E-state index in [1.54, 1.807) is 18.2 Å². The molecule has 0 heterocycles. The minimum absolute atomic E-state index is 0.0873. The molecular weight excluding hydrogens is 341 g/mol. The molecule has 1 N–H and O–H groups in total. The summed E-state index contributed by atoms with van der Waals surface area (Å²) in [5.74, 6) is 0.435. The molecule has 2 aromatic carbocycles. The standard InChI is InChI=1S/C20H21Cl2NO/c21-17-12-11-15(13-18(17)22)20(24)19(14-7-3-1-4-8-14)23-16-9-5-2-6-10-16/h2,5-6,9-14,19,23H,1,3-4,7-8H2. The fourth-order valence-corrected chi connectivity index (χ4v) is 3.71. The molecule has 1 unspecified atom stereocenters. The summed E-state index contributed by atoms with van der Waals surface area (Å²) in [6.45, 7) is 0. The molecule has 0 bridgehead atoms. The normalized spacial score (nSPS) is 16.6. The second-order valence-corrected chi connectivity index (χ2v) is 7.19. The first-order chi connectivity index (χ1) is 11.6. The number of carbonyl (C=O) groups is 1. The Morgan fingerprint density at radius 3 is 2.33 bits per heavy atom. The van der Waals surface area contributed by atoms with Crippen molar-refractivity contribution in [2.45, 2.75) is 38.1 Å². The minimum Gasteiger partial charge on any atom is -0.375 e. The maximum Gasteiger partial charge on any atom is 0.185 e. The van der Waals surface area contributed by atoms with Crippen LogP contribution in [0, 0.1) is 5.92 Å². The molecule has 2 nitrogen and oxygen atoms in total. The Balaban J connectivity index is 1.87. The van der Waals surface area contributed by atoms with Crippen LogP contribution in [0.3, 0.4) is 0 Å². The van der Waals surface area contributed by atoms with E-state index in [0.29, 0.717) is 21.5 Å². The topological polar surface area (TPSA) is 29.1 Å². The van der Waals surface area contributed by atoms with Crippen LogP contribution in [0.15, 0.2) is 48.5 Å². The van der Waals surface area contributed by atoms with Gasteiger partial charge in [-0.25, -0.2) is 0 Å². The van der Waals surface area contributed by atoms with Gasteiger partial charge in [-0.1, -0.05) is 60.7 Å². The zero-order chi connectivity index (χ0) is 16.9. The number of ketones is 1. The number of halogens is 2. The quantitative estimate of drug-likeness (QED) is 0.638. The van der Waals surface area contributed by atoms with Crippen molar-refractivity contribution in [1.82, 2.24) is 0 Å². The van der Waals surface area contributed by atoms with Crippen molar-refractivity contribution in [3.05, 3.63) is 64.1 Å². The summed E-state index contributed by atoms with van der Waals surface area (Å²) < 4.78 is 0. The lowest BCUT2D eigenvalue weighted by Crippen LogP contribution is -2.38. The van der Waals surface area contributed by atoms with Crippen LogP contribution >= 0.6 is 23.2 Å². The molecule has 2 aromatic rings. The van der Waals surface area contributed by atoms with E-state index in [1.165, 1.54) is 19.3 Å². The highest BCUT2D eigenvalue weighted by atomic mass is 35.5. The van der Waals surface area contributed by atoms with Crippen LogP contribution in [0.5, 0.6) is 0 Å².